The Kier molecular flexibility index (Phi) is 373. The number of anilines is 2. The van der Waals surface area contributed by atoms with Crippen molar-refractivity contribution in [3.8, 4) is 0 Å². The first-order valence-corrected chi connectivity index (χ1v) is 58.3. The van der Waals surface area contributed by atoms with E-state index in [-0.39, 0.29) is 56.2 Å². The van der Waals surface area contributed by atoms with Crippen LogP contribution in [0.1, 0.15) is 126 Å². The molecule has 0 fully saturated rings. The van der Waals surface area contributed by atoms with Crippen molar-refractivity contribution in [1.29, 1.82) is 0 Å². The van der Waals surface area contributed by atoms with Crippen molar-refractivity contribution in [2.45, 2.75) is 126 Å². The topological polar surface area (TPSA) is 312 Å². The van der Waals surface area contributed by atoms with Crippen molar-refractivity contribution < 1.29 is 71.2 Å². The Balaban J connectivity index is -0.0000000274. The maximum Gasteiger partial charge on any atom is 0.269 e. The maximum absolute atomic E-state index is 10.0. The number of benzene rings is 6. The zero-order valence-electron chi connectivity index (χ0n) is 64.5. The second-order valence-corrected chi connectivity index (χ2v) is 42.9. The first-order valence-electron chi connectivity index (χ1n) is 29.0. The van der Waals surface area contributed by atoms with Gasteiger partial charge >= 0.3 is 50.5 Å². The van der Waals surface area contributed by atoms with Gasteiger partial charge in [0.1, 0.15) is -0.0619 Å². The zero-order chi connectivity index (χ0) is 82.8. The number of rotatable bonds is 4. The summed E-state index contributed by atoms with van der Waals surface area (Å²) in [6.45, 7) is 32.0. The summed E-state index contributed by atoms with van der Waals surface area (Å²) in [5, 5.41) is 61.0. The predicted molar refractivity (Wildman–Crippen MR) is 545 cm³/mol. The molecule has 6 N–H and O–H groups in total. The van der Waals surface area contributed by atoms with Crippen LogP contribution in [0.5, 0.6) is 0 Å². The summed E-state index contributed by atoms with van der Waals surface area (Å²) in [5.74, 6) is 0. The summed E-state index contributed by atoms with van der Waals surface area (Å²) < 4.78 is 10.4. The van der Waals surface area contributed by atoms with Gasteiger partial charge in [0, 0.05) is 158 Å². The maximum atomic E-state index is 10.0. The molecular weight excluding hydrogens is 3230 g/mol. The number of ether oxygens (including phenoxy) is 2. The Labute approximate surface area is 778 Å². The van der Waals surface area contributed by atoms with E-state index in [9.17, 15) is 40.5 Å². The molecule has 6 rings (SSSR count). The minimum atomic E-state index is -0.417. The summed E-state index contributed by atoms with van der Waals surface area (Å²) in [6, 6.07) is 50.7. The van der Waals surface area contributed by atoms with E-state index < -0.39 is 19.7 Å². The van der Waals surface area contributed by atoms with Crippen molar-refractivity contribution in [2.24, 2.45) is 0 Å². The molecule has 0 saturated carbocycles. The summed E-state index contributed by atoms with van der Waals surface area (Å²) >= 11 is 25.1. The molecule has 0 spiro atoms. The summed E-state index contributed by atoms with van der Waals surface area (Å²) in [7, 11) is 15.5. The largest absolute Gasteiger partial charge is 0.399 e. The third-order valence-electron chi connectivity index (χ3n) is 5.47. The number of hydrogen-bond acceptors (Lipinski definition) is 14. The van der Waals surface area contributed by atoms with Gasteiger partial charge in [-0.3, -0.25) is 45.4 Å². The summed E-state index contributed by atoms with van der Waals surface area (Å²) in [5.41, 5.74) is 12.9. The molecule has 0 unspecified atom stereocenters. The van der Waals surface area contributed by atoms with Crippen LogP contribution in [-0.4, -0.2) is 108 Å². The van der Waals surface area contributed by atoms with Crippen molar-refractivity contribution >= 4 is 267 Å². The minimum Gasteiger partial charge on any atom is -0.399 e. The molecule has 0 atom stereocenters. The van der Waals surface area contributed by atoms with Gasteiger partial charge < -0.3 is 64.4 Å². The van der Waals surface area contributed by atoms with E-state index in [4.69, 9.17) is 21.7 Å². The average molecular weight is 3360 g/mol. The number of para-hydroxylation sites is 6. The Bertz CT molecular complexity index is 1810. The third kappa shape index (κ3) is 249. The van der Waals surface area contributed by atoms with Crippen LogP contribution in [0.4, 0.5) is 34.1 Å². The summed E-state index contributed by atoms with van der Waals surface area (Å²) in [6.07, 6.45) is 0. The van der Waals surface area contributed by atoms with Gasteiger partial charge in [-0.25, -0.2) is 0 Å². The molecule has 0 aromatic heterocycles. The van der Waals surface area contributed by atoms with Crippen LogP contribution in [0.3, 0.4) is 0 Å². The molecule has 6 aromatic rings. The molecule has 0 aliphatic carbocycles. The van der Waals surface area contributed by atoms with E-state index in [0.717, 1.165) is 25.5 Å². The van der Waals surface area contributed by atoms with Crippen LogP contribution >= 0.6 is 233 Å². The minimum absolute atomic E-state index is 0. The first-order chi connectivity index (χ1) is 47.2. The molecular formula is C68H130I12N8O12Rf2V-4. The van der Waals surface area contributed by atoms with Crippen molar-refractivity contribution in [3.63, 3.8) is 0 Å². The van der Waals surface area contributed by atoms with Gasteiger partial charge in [-0.2, -0.15) is 28.2 Å². The molecule has 0 heterocycles. The van der Waals surface area contributed by atoms with Crippen LogP contribution in [-0.2, 0) is 28.0 Å². The molecule has 0 bridgehead atoms. The molecule has 1 radical (unpaired) electrons. The fourth-order valence-electron chi connectivity index (χ4n) is 3.10. The SMILES string of the molecule is C.C.CC.CC.CC.CC.CC.CC.CC.CC.CI.CO.CO.COC.COC.C[N-]C.C[N-]C.IC(I)I.ICI.II.I[I-]I.Nc1ccccc1.Nc1ccccc1.O=[N+]([O-])c1ccccc1.O=[N+]([O-])c1ccccc1.O=[N+]([O-])c1ccccc1.O=[N+]([O-])c1ccccc1.[CH2-]I.[Rf].[Rf].[V]. The smallest absolute Gasteiger partial charge is 0.269 e. The zero-order valence-corrected chi connectivity index (χ0v) is 105. The number of nitrogen functional groups attached to an aromatic ring is 2. The van der Waals surface area contributed by atoms with Crippen LogP contribution in [0.15, 0.2) is 182 Å². The van der Waals surface area contributed by atoms with Gasteiger partial charge in [0.2, 0.25) is 0 Å². The van der Waals surface area contributed by atoms with Crippen molar-refractivity contribution in [1.82, 2.24) is 0 Å². The fraction of sp³-hybridized carbons (Fsp3) is 0.456. The molecule has 6 aromatic carbocycles. The number of nitro benzene ring substituents is 4. The molecule has 0 saturated heterocycles. The Hall–Kier alpha value is -0.376. The van der Waals surface area contributed by atoms with Crippen LogP contribution in [0, 0.1) is 45.4 Å². The standard InChI is InChI=1S/4C6H5NO2.2C6H7N.2C2H6N.2C2H6O.8C2H6.CHI3.CH2I2.CH3I.CH2I.2CH4O.2CH4.I3.I2.2Rf.V/c4*8-7(9)6-4-2-1-3-5-6;2*7-6-4-2-1-3-5-6;4*1-3-2;8*1-2;2-1(3)4;2-1-3;4*1-2;;;1-3-2;1-2;;;/h4*1-5H;2*1-5H,7H2;4*1-2H3;8*1-2H3;1H;1H2;1H3;1H2;2*2H,1H3;2*1H4;;;;;/q;;;;;;2*-1;;;;;;;;;;;;;;-1;;;;;-1;;;;. The van der Waals surface area contributed by atoms with E-state index in [1.165, 1.54) is 51.0 Å². The van der Waals surface area contributed by atoms with Gasteiger partial charge in [0.15, 0.2) is 0 Å². The first kappa shape index (κ1) is 176. The quantitative estimate of drug-likeness (QED) is 0.0319. The number of nitrogens with two attached hydrogens (primary N) is 2. The second-order valence-electron chi connectivity index (χ2n) is 11.3. The average Bonchev–Trinajstić information content (AvgIpc) is 0.978. The number of methoxy groups -OCH3 is 2. The molecule has 0 aliphatic heterocycles. The third-order valence-corrected chi connectivity index (χ3v) is 5.47. The number of aliphatic hydroxyl groups is 2. The number of nitrogens with zero attached hydrogens (tertiary/aromatic N) is 6. The van der Waals surface area contributed by atoms with Gasteiger partial charge in [-0.1, -0.05) is 370 Å². The Morgan fingerprint density at radius 2 is 0.466 bits per heavy atom. The van der Waals surface area contributed by atoms with E-state index in [0.29, 0.717) is 13.3 Å². The van der Waals surface area contributed by atoms with Gasteiger partial charge in [-0.15, -0.1) is 0 Å². The normalized spacial score (nSPS) is 6.47. The van der Waals surface area contributed by atoms with Gasteiger partial charge in [-0.05, 0) is 29.2 Å². The van der Waals surface area contributed by atoms with E-state index in [2.05, 4.69) is 235 Å². The number of halogens is 12. The number of nitro groups is 4. The van der Waals surface area contributed by atoms with Gasteiger partial charge in [0.25, 0.3) is 22.7 Å². The Morgan fingerprint density at radius 1 is 0.398 bits per heavy atom. The second kappa shape index (κ2) is 218. The van der Waals surface area contributed by atoms with E-state index in [1.807, 2.05) is 199 Å². The van der Waals surface area contributed by atoms with E-state index >= 15 is 0 Å². The van der Waals surface area contributed by atoms with Crippen LogP contribution < -0.4 is 24.7 Å². The molecule has 103 heavy (non-hydrogen) atoms. The molecule has 0 aliphatic rings. The molecule has 0 amide bonds. The van der Waals surface area contributed by atoms with Crippen LogP contribution in [0.2, 0.25) is 0 Å². The number of hydrogen-bond donors (Lipinski definition) is 4. The van der Waals surface area contributed by atoms with Crippen LogP contribution in [0.25, 0.3) is 10.6 Å². The Morgan fingerprint density at radius 3 is 0.505 bits per heavy atom. The predicted octanol–water partition coefficient (Wildman–Crippen LogP) is 26.6. The van der Waals surface area contributed by atoms with Crippen molar-refractivity contribution in [2.75, 3.05) is 89.7 Å². The fourth-order valence-corrected chi connectivity index (χ4v) is 3.10. The van der Waals surface area contributed by atoms with Crippen molar-refractivity contribution in [3.05, 3.63) is 238 Å². The molecule has 611 valence electrons. The number of aliphatic hydroxyl groups excluding tert-OH is 2. The van der Waals surface area contributed by atoms with Gasteiger partial charge in [0.05, 0.1) is 22.1 Å². The molecule has 20 nitrogen and oxygen atoms in total. The molecule has 35 heteroatoms. The number of alkyl halides is 6. The van der Waals surface area contributed by atoms with E-state index in [1.54, 1.807) is 129 Å². The summed E-state index contributed by atoms with van der Waals surface area (Å²) in [4.78, 5) is 43.5. The number of non-ortho nitro benzene ring substituents is 4. The monoisotopic (exact) mass is 3360 g/mol.